The minimum absolute atomic E-state index is 0.103. The molecule has 1 N–H and O–H groups in total. The summed E-state index contributed by atoms with van der Waals surface area (Å²) in [6.07, 6.45) is 3.38. The largest absolute Gasteiger partial charge is 0.494 e. The quantitative estimate of drug-likeness (QED) is 0.300. The van der Waals surface area contributed by atoms with Gasteiger partial charge in [0.05, 0.1) is 18.6 Å². The molecule has 0 unspecified atom stereocenters. The van der Waals surface area contributed by atoms with Crippen molar-refractivity contribution in [3.8, 4) is 5.75 Å². The van der Waals surface area contributed by atoms with Crippen LogP contribution in [-0.2, 0) is 26.2 Å². The van der Waals surface area contributed by atoms with Crippen LogP contribution >= 0.6 is 15.9 Å². The van der Waals surface area contributed by atoms with Gasteiger partial charge in [-0.05, 0) is 68.7 Å². The lowest BCUT2D eigenvalue weighted by Crippen LogP contribution is -2.47. The first-order valence-electron chi connectivity index (χ1n) is 12.6. The summed E-state index contributed by atoms with van der Waals surface area (Å²) in [6, 6.07) is 13.8. The van der Waals surface area contributed by atoms with Crippen LogP contribution in [0.4, 0.5) is 5.69 Å². The van der Waals surface area contributed by atoms with Crippen LogP contribution in [0.5, 0.6) is 5.75 Å². The van der Waals surface area contributed by atoms with Gasteiger partial charge in [-0.2, -0.15) is 0 Å². The second kappa shape index (κ2) is 15.0. The van der Waals surface area contributed by atoms with Crippen LogP contribution < -0.4 is 14.4 Å². The van der Waals surface area contributed by atoms with E-state index in [0.717, 1.165) is 29.1 Å². The van der Waals surface area contributed by atoms with Crippen LogP contribution in [-0.4, -0.2) is 57.1 Å². The monoisotopic (exact) mass is 595 g/mol. The van der Waals surface area contributed by atoms with Gasteiger partial charge in [0.2, 0.25) is 21.8 Å². The van der Waals surface area contributed by atoms with E-state index in [1.54, 1.807) is 36.1 Å². The number of nitrogens with zero attached hydrogens (tertiary/aromatic N) is 2. The molecule has 2 aromatic rings. The molecule has 10 heteroatoms. The Labute approximate surface area is 229 Å². The number of carbonyl (C=O) groups is 2. The van der Waals surface area contributed by atoms with E-state index in [9.17, 15) is 18.0 Å². The molecule has 0 radical (unpaired) electrons. The third-order valence-electron chi connectivity index (χ3n) is 5.85. The molecule has 204 valence electrons. The molecule has 0 fully saturated rings. The summed E-state index contributed by atoms with van der Waals surface area (Å²) in [4.78, 5) is 27.7. The van der Waals surface area contributed by atoms with Crippen LogP contribution in [0.3, 0.4) is 0 Å². The molecule has 0 aliphatic heterocycles. The first-order valence-corrected chi connectivity index (χ1v) is 15.2. The number of anilines is 1. The Morgan fingerprint density at radius 1 is 1.03 bits per heavy atom. The van der Waals surface area contributed by atoms with Gasteiger partial charge in [0.25, 0.3) is 0 Å². The third kappa shape index (κ3) is 10.0. The number of rotatable bonds is 15. The lowest BCUT2D eigenvalue weighted by atomic mass is 10.1. The van der Waals surface area contributed by atoms with Crippen molar-refractivity contribution in [2.24, 2.45) is 0 Å². The molecule has 8 nitrogen and oxygen atoms in total. The highest BCUT2D eigenvalue weighted by atomic mass is 79.9. The minimum atomic E-state index is -3.56. The summed E-state index contributed by atoms with van der Waals surface area (Å²) in [5.41, 5.74) is 1.41. The number of halogens is 1. The molecule has 0 aliphatic rings. The summed E-state index contributed by atoms with van der Waals surface area (Å²) >= 11 is 3.42. The summed E-state index contributed by atoms with van der Waals surface area (Å²) in [5, 5.41) is 2.90. The maximum Gasteiger partial charge on any atom is 0.242 e. The minimum Gasteiger partial charge on any atom is -0.494 e. The van der Waals surface area contributed by atoms with Crippen molar-refractivity contribution < 1.29 is 22.7 Å². The molecule has 0 saturated carbocycles. The highest BCUT2D eigenvalue weighted by Crippen LogP contribution is 2.23. The molecule has 2 rings (SSSR count). The van der Waals surface area contributed by atoms with E-state index < -0.39 is 16.1 Å². The van der Waals surface area contributed by atoms with Crippen molar-refractivity contribution in [2.45, 2.75) is 59.0 Å². The average Bonchev–Trinajstić information content (AvgIpc) is 2.86. The van der Waals surface area contributed by atoms with Gasteiger partial charge in [0.15, 0.2) is 0 Å². The smallest absolute Gasteiger partial charge is 0.242 e. The molecule has 2 aromatic carbocycles. The number of carbonyl (C=O) groups excluding carboxylic acids is 2. The SMILES string of the molecule is CCCCNC(=O)[C@@H](C)N(Cc1ccc(Br)cc1)C(=O)CCCN(c1ccc(OCC)cc1)S(C)(=O)=O. The van der Waals surface area contributed by atoms with E-state index in [-0.39, 0.29) is 31.3 Å². The molecule has 37 heavy (non-hydrogen) atoms. The maximum atomic E-state index is 13.3. The fourth-order valence-corrected chi connectivity index (χ4v) is 5.01. The lowest BCUT2D eigenvalue weighted by molar-refractivity contribution is -0.140. The van der Waals surface area contributed by atoms with Crippen LogP contribution in [0.15, 0.2) is 53.0 Å². The number of amides is 2. The Morgan fingerprint density at radius 3 is 2.24 bits per heavy atom. The summed E-state index contributed by atoms with van der Waals surface area (Å²) in [6.45, 7) is 7.15. The molecule has 0 aliphatic carbocycles. The molecule has 1 atom stereocenters. The molecular weight excluding hydrogens is 558 g/mol. The van der Waals surface area contributed by atoms with Gasteiger partial charge in [0, 0.05) is 30.5 Å². The molecule has 0 heterocycles. The van der Waals surface area contributed by atoms with E-state index >= 15 is 0 Å². The fourth-order valence-electron chi connectivity index (χ4n) is 3.78. The molecular formula is C27H38BrN3O5S. The Bertz CT molecular complexity index is 1110. The number of hydrogen-bond acceptors (Lipinski definition) is 5. The summed E-state index contributed by atoms with van der Waals surface area (Å²) < 4.78 is 32.6. The zero-order chi connectivity index (χ0) is 27.4. The van der Waals surface area contributed by atoms with E-state index in [1.807, 2.05) is 38.1 Å². The van der Waals surface area contributed by atoms with E-state index in [1.165, 1.54) is 4.31 Å². The van der Waals surface area contributed by atoms with Gasteiger partial charge in [0.1, 0.15) is 11.8 Å². The lowest BCUT2D eigenvalue weighted by Gasteiger charge is -2.29. The third-order valence-corrected chi connectivity index (χ3v) is 7.57. The van der Waals surface area contributed by atoms with Crippen LogP contribution in [0, 0.1) is 0 Å². The first kappa shape index (κ1) is 30.6. The van der Waals surface area contributed by atoms with Crippen molar-refractivity contribution in [3.63, 3.8) is 0 Å². The maximum absolute atomic E-state index is 13.3. The van der Waals surface area contributed by atoms with Crippen molar-refractivity contribution in [1.29, 1.82) is 0 Å². The normalized spacial score (nSPS) is 12.0. The molecule has 0 bridgehead atoms. The number of sulfonamides is 1. The zero-order valence-corrected chi connectivity index (χ0v) is 24.5. The summed E-state index contributed by atoms with van der Waals surface area (Å²) in [7, 11) is -3.56. The predicted molar refractivity (Wildman–Crippen MR) is 151 cm³/mol. The van der Waals surface area contributed by atoms with Gasteiger partial charge < -0.3 is 15.0 Å². The Hall–Kier alpha value is -2.59. The van der Waals surface area contributed by atoms with E-state index in [2.05, 4.69) is 21.2 Å². The number of ether oxygens (including phenoxy) is 1. The average molecular weight is 597 g/mol. The van der Waals surface area contributed by atoms with Gasteiger partial charge in [-0.15, -0.1) is 0 Å². The molecule has 0 aromatic heterocycles. The first-order chi connectivity index (χ1) is 17.6. The van der Waals surface area contributed by atoms with Gasteiger partial charge >= 0.3 is 0 Å². The zero-order valence-electron chi connectivity index (χ0n) is 22.1. The van der Waals surface area contributed by atoms with E-state index in [4.69, 9.17) is 4.74 Å². The predicted octanol–water partition coefficient (Wildman–Crippen LogP) is 4.73. The van der Waals surface area contributed by atoms with Crippen LogP contribution in [0.25, 0.3) is 0 Å². The number of nitrogens with one attached hydrogen (secondary N) is 1. The summed E-state index contributed by atoms with van der Waals surface area (Å²) in [5.74, 6) is 0.247. The highest BCUT2D eigenvalue weighted by Gasteiger charge is 2.26. The van der Waals surface area contributed by atoms with Gasteiger partial charge in [-0.3, -0.25) is 13.9 Å². The van der Waals surface area contributed by atoms with Crippen molar-refractivity contribution >= 4 is 43.5 Å². The highest BCUT2D eigenvalue weighted by molar-refractivity contribution is 9.10. The fraction of sp³-hybridized carbons (Fsp3) is 0.481. The second-order valence-electron chi connectivity index (χ2n) is 8.83. The van der Waals surface area contributed by atoms with Crippen molar-refractivity contribution in [3.05, 3.63) is 58.6 Å². The second-order valence-corrected chi connectivity index (χ2v) is 11.7. The standard InChI is InChI=1S/C27H38BrN3O5S/c1-5-7-18-29-27(33)21(3)30(20-22-10-12-23(28)13-11-22)26(32)9-8-19-31(37(4,34)35)24-14-16-25(17-15-24)36-6-2/h10-17,21H,5-9,18-20H2,1-4H3,(H,29,33)/t21-/m1/s1. The number of hydrogen-bond donors (Lipinski definition) is 1. The molecule has 0 spiro atoms. The van der Waals surface area contributed by atoms with Gasteiger partial charge in [-0.1, -0.05) is 41.4 Å². The Balaban J connectivity index is 2.12. The Morgan fingerprint density at radius 2 is 1.68 bits per heavy atom. The molecule has 0 saturated heterocycles. The Kier molecular flexibility index (Phi) is 12.4. The topological polar surface area (TPSA) is 96.0 Å². The van der Waals surface area contributed by atoms with Crippen molar-refractivity contribution in [1.82, 2.24) is 10.2 Å². The van der Waals surface area contributed by atoms with Crippen molar-refractivity contribution in [2.75, 3.05) is 30.3 Å². The van der Waals surface area contributed by atoms with Crippen LogP contribution in [0.2, 0.25) is 0 Å². The molecule has 2 amide bonds. The number of benzene rings is 2. The van der Waals surface area contributed by atoms with E-state index in [0.29, 0.717) is 31.0 Å². The number of unbranched alkanes of at least 4 members (excludes halogenated alkanes) is 1. The van der Waals surface area contributed by atoms with Crippen LogP contribution in [0.1, 0.15) is 52.0 Å². The van der Waals surface area contributed by atoms with Gasteiger partial charge in [-0.25, -0.2) is 8.42 Å².